The monoisotopic (exact) mass is 394 g/mol. The Balaban J connectivity index is 1.53. The molecule has 10 nitrogen and oxygen atoms in total. The molecule has 1 atom stereocenters. The number of carbonyl (C=O) groups is 2. The van der Waals surface area contributed by atoms with E-state index in [9.17, 15) is 19.6 Å². The number of hydrogen-bond acceptors (Lipinski definition) is 8. The van der Waals surface area contributed by atoms with Crippen LogP contribution in [0.5, 0.6) is 0 Å². The fraction of sp³-hybridized carbons (Fsp3) is 0.278. The van der Waals surface area contributed by atoms with Gasteiger partial charge in [-0.25, -0.2) is 4.98 Å². The van der Waals surface area contributed by atoms with E-state index in [0.29, 0.717) is 42.9 Å². The highest BCUT2D eigenvalue weighted by Gasteiger charge is 2.30. The van der Waals surface area contributed by atoms with Crippen molar-refractivity contribution in [3.05, 3.63) is 48.0 Å². The van der Waals surface area contributed by atoms with Gasteiger partial charge in [0.05, 0.1) is 0 Å². The van der Waals surface area contributed by atoms with E-state index >= 15 is 0 Å². The Kier molecular flexibility index (Phi) is 4.99. The number of amides is 1. The first-order valence-corrected chi connectivity index (χ1v) is 9.15. The largest absolute Gasteiger partial charge is 0.489 e. The lowest BCUT2D eigenvalue weighted by Gasteiger charge is -2.40. The second-order valence-electron chi connectivity index (χ2n) is 6.94. The zero-order valence-corrected chi connectivity index (χ0v) is 15.7. The summed E-state index contributed by atoms with van der Waals surface area (Å²) in [5.41, 5.74) is 1.14. The molecular formula is C18H19BN6O4. The lowest BCUT2D eigenvalue weighted by Crippen LogP contribution is -2.54. The van der Waals surface area contributed by atoms with E-state index in [1.54, 1.807) is 28.0 Å². The quantitative estimate of drug-likeness (QED) is 0.425. The maximum atomic E-state index is 12.9. The molecule has 1 unspecified atom stereocenters. The Labute approximate surface area is 166 Å². The lowest BCUT2D eigenvalue weighted by atomic mass is 9.76. The third-order valence-electron chi connectivity index (χ3n) is 5.12. The molecule has 1 fully saturated rings. The van der Waals surface area contributed by atoms with Crippen molar-refractivity contribution in [3.8, 4) is 0 Å². The van der Waals surface area contributed by atoms with Crippen molar-refractivity contribution in [2.24, 2.45) is 0 Å². The molecule has 1 saturated heterocycles. The van der Waals surface area contributed by atoms with E-state index in [1.165, 1.54) is 18.2 Å². The molecule has 2 aromatic heterocycles. The molecule has 0 radical (unpaired) electrons. The van der Waals surface area contributed by atoms with Crippen molar-refractivity contribution in [2.45, 2.75) is 13.0 Å². The molecule has 0 saturated carbocycles. The molecule has 1 aliphatic rings. The van der Waals surface area contributed by atoms with Crippen LogP contribution in [-0.2, 0) is 0 Å². The molecule has 2 N–H and O–H groups in total. The number of benzene rings is 1. The number of piperazine rings is 1. The van der Waals surface area contributed by atoms with E-state index in [2.05, 4.69) is 20.1 Å². The van der Waals surface area contributed by atoms with E-state index in [0.717, 1.165) is 0 Å². The van der Waals surface area contributed by atoms with Crippen molar-refractivity contribution in [3.63, 3.8) is 0 Å². The molecule has 0 bridgehead atoms. The van der Waals surface area contributed by atoms with E-state index in [-0.39, 0.29) is 23.0 Å². The Bertz CT molecular complexity index is 1070. The predicted molar refractivity (Wildman–Crippen MR) is 105 cm³/mol. The van der Waals surface area contributed by atoms with Gasteiger partial charge in [0.1, 0.15) is 12.6 Å². The average Bonchev–Trinajstić information content (AvgIpc) is 3.21. The highest BCUT2D eigenvalue weighted by atomic mass is 16.4. The van der Waals surface area contributed by atoms with Gasteiger partial charge in [-0.05, 0) is 24.5 Å². The second-order valence-corrected chi connectivity index (χ2v) is 6.94. The SMILES string of the molecule is CC1CN(C(=O)c2ccc(B(O)O)c(C=O)c2)CCN1c1nccn2cnnc12. The van der Waals surface area contributed by atoms with Gasteiger partial charge in [-0.15, -0.1) is 10.2 Å². The number of aromatic nitrogens is 4. The van der Waals surface area contributed by atoms with Gasteiger partial charge in [-0.2, -0.15) is 0 Å². The van der Waals surface area contributed by atoms with Crippen LogP contribution in [-0.4, -0.2) is 79.5 Å². The smallest absolute Gasteiger partial charge is 0.423 e. The van der Waals surface area contributed by atoms with Crippen LogP contribution in [0.25, 0.3) is 5.65 Å². The third-order valence-corrected chi connectivity index (χ3v) is 5.12. The van der Waals surface area contributed by atoms with Crippen LogP contribution in [0.3, 0.4) is 0 Å². The van der Waals surface area contributed by atoms with Gasteiger partial charge in [-0.3, -0.25) is 14.0 Å². The Hall–Kier alpha value is -3.31. The first-order chi connectivity index (χ1) is 14.0. The van der Waals surface area contributed by atoms with Gasteiger partial charge in [0.15, 0.2) is 5.82 Å². The molecule has 1 amide bonds. The Morgan fingerprint density at radius 2 is 2.14 bits per heavy atom. The summed E-state index contributed by atoms with van der Waals surface area (Å²) in [5, 5.41) is 26.7. The summed E-state index contributed by atoms with van der Waals surface area (Å²) in [4.78, 5) is 32.4. The summed E-state index contributed by atoms with van der Waals surface area (Å²) in [6, 6.07) is 4.27. The zero-order chi connectivity index (χ0) is 20.5. The fourth-order valence-electron chi connectivity index (χ4n) is 3.63. The number of carbonyl (C=O) groups excluding carboxylic acids is 2. The topological polar surface area (TPSA) is 124 Å². The molecular weight excluding hydrogens is 375 g/mol. The average molecular weight is 394 g/mol. The Morgan fingerprint density at radius 3 is 2.86 bits per heavy atom. The number of anilines is 1. The fourth-order valence-corrected chi connectivity index (χ4v) is 3.63. The minimum Gasteiger partial charge on any atom is -0.423 e. The molecule has 11 heteroatoms. The van der Waals surface area contributed by atoms with Crippen LogP contribution < -0.4 is 10.4 Å². The van der Waals surface area contributed by atoms with Gasteiger partial charge < -0.3 is 19.8 Å². The normalized spacial score (nSPS) is 16.9. The summed E-state index contributed by atoms with van der Waals surface area (Å²) >= 11 is 0. The van der Waals surface area contributed by atoms with Gasteiger partial charge in [0.25, 0.3) is 5.91 Å². The molecule has 148 valence electrons. The maximum Gasteiger partial charge on any atom is 0.489 e. The molecule has 1 aromatic carbocycles. The summed E-state index contributed by atoms with van der Waals surface area (Å²) in [7, 11) is -1.77. The predicted octanol–water partition coefficient (Wildman–Crippen LogP) is -1.03. The first-order valence-electron chi connectivity index (χ1n) is 9.15. The summed E-state index contributed by atoms with van der Waals surface area (Å²) in [5.74, 6) is 0.501. The van der Waals surface area contributed by atoms with Crippen LogP contribution in [0.15, 0.2) is 36.9 Å². The minimum atomic E-state index is -1.77. The lowest BCUT2D eigenvalue weighted by molar-refractivity contribution is 0.0726. The molecule has 3 aromatic rings. The van der Waals surface area contributed by atoms with Gasteiger partial charge in [0, 0.05) is 49.2 Å². The van der Waals surface area contributed by atoms with E-state index < -0.39 is 7.12 Å². The van der Waals surface area contributed by atoms with Crippen molar-refractivity contribution in [1.29, 1.82) is 0 Å². The van der Waals surface area contributed by atoms with Gasteiger partial charge in [0.2, 0.25) is 5.65 Å². The van der Waals surface area contributed by atoms with Crippen LogP contribution in [0.1, 0.15) is 27.6 Å². The van der Waals surface area contributed by atoms with Crippen molar-refractivity contribution >= 4 is 36.2 Å². The maximum absolute atomic E-state index is 12.9. The highest BCUT2D eigenvalue weighted by Crippen LogP contribution is 2.22. The standard InChI is InChI=1S/C18H19BN6O4/c1-12-9-23(18(27)13-2-3-15(19(28)29)14(8-13)10-26)6-7-25(12)16-17-22-21-11-24(17)5-4-20-16/h2-5,8,10-12,28-29H,6-7,9H2,1H3. The molecule has 3 heterocycles. The van der Waals surface area contributed by atoms with Crippen LogP contribution >= 0.6 is 0 Å². The van der Waals surface area contributed by atoms with Crippen LogP contribution in [0.4, 0.5) is 5.82 Å². The summed E-state index contributed by atoms with van der Waals surface area (Å²) in [6.45, 7) is 3.51. The van der Waals surface area contributed by atoms with E-state index in [1.807, 2.05) is 6.92 Å². The second kappa shape index (κ2) is 7.61. The summed E-state index contributed by atoms with van der Waals surface area (Å²) in [6.07, 6.45) is 5.59. The van der Waals surface area contributed by atoms with Gasteiger partial charge in [-0.1, -0.05) is 6.07 Å². The number of fused-ring (bicyclic) bond motifs is 1. The van der Waals surface area contributed by atoms with Crippen LogP contribution in [0, 0.1) is 0 Å². The van der Waals surface area contributed by atoms with Crippen molar-refractivity contribution < 1.29 is 19.6 Å². The van der Waals surface area contributed by atoms with Crippen molar-refractivity contribution in [2.75, 3.05) is 24.5 Å². The van der Waals surface area contributed by atoms with Crippen molar-refractivity contribution in [1.82, 2.24) is 24.5 Å². The number of aldehydes is 1. The first kappa shape index (κ1) is 19.0. The molecule has 4 rings (SSSR count). The number of hydrogen-bond donors (Lipinski definition) is 2. The molecule has 29 heavy (non-hydrogen) atoms. The molecule has 1 aliphatic heterocycles. The van der Waals surface area contributed by atoms with Crippen LogP contribution in [0.2, 0.25) is 0 Å². The molecule has 0 spiro atoms. The molecule has 0 aliphatic carbocycles. The summed E-state index contributed by atoms with van der Waals surface area (Å²) < 4.78 is 1.80. The van der Waals surface area contributed by atoms with Gasteiger partial charge >= 0.3 is 7.12 Å². The third kappa shape index (κ3) is 3.45. The zero-order valence-electron chi connectivity index (χ0n) is 15.7. The highest BCUT2D eigenvalue weighted by molar-refractivity contribution is 6.60. The Morgan fingerprint density at radius 1 is 1.31 bits per heavy atom. The minimum absolute atomic E-state index is 0.00724. The van der Waals surface area contributed by atoms with E-state index in [4.69, 9.17) is 0 Å². The number of nitrogens with zero attached hydrogens (tertiary/aromatic N) is 6. The number of rotatable bonds is 4.